The minimum absolute atomic E-state index is 0.0256. The Labute approximate surface area is 162 Å². The molecule has 0 saturated heterocycles. The van der Waals surface area contributed by atoms with Gasteiger partial charge in [0.15, 0.2) is 0 Å². The van der Waals surface area contributed by atoms with Crippen molar-refractivity contribution in [3.05, 3.63) is 29.8 Å². The number of carbonyl (C=O) groups is 4. The van der Waals surface area contributed by atoms with Gasteiger partial charge in [0.05, 0.1) is 5.56 Å². The zero-order chi connectivity index (χ0) is 21.2. The van der Waals surface area contributed by atoms with Crippen molar-refractivity contribution in [3.63, 3.8) is 0 Å². The molecule has 1 aliphatic rings. The van der Waals surface area contributed by atoms with E-state index in [2.05, 4.69) is 10.6 Å². The molecular formula is C17H21N3O7S. The molecule has 152 valence electrons. The SMILES string of the molecule is CC(NC(=O)CN1C(=O)c2ccccc2S1(=O)=O)C(=O)NC(C(=O)O)C(C)C. The number of fused-ring (bicyclic) bond motifs is 1. The Morgan fingerprint density at radius 1 is 1.11 bits per heavy atom. The van der Waals surface area contributed by atoms with E-state index in [1.165, 1.54) is 31.2 Å². The number of rotatable bonds is 7. The van der Waals surface area contributed by atoms with Crippen LogP contribution in [0, 0.1) is 5.92 Å². The number of amides is 3. The largest absolute Gasteiger partial charge is 0.480 e. The van der Waals surface area contributed by atoms with E-state index in [9.17, 15) is 27.6 Å². The van der Waals surface area contributed by atoms with Crippen LogP contribution in [0.5, 0.6) is 0 Å². The minimum Gasteiger partial charge on any atom is -0.480 e. The molecule has 28 heavy (non-hydrogen) atoms. The predicted octanol–water partition coefficient (Wildman–Crippen LogP) is -0.439. The van der Waals surface area contributed by atoms with Crippen LogP contribution < -0.4 is 10.6 Å². The molecule has 0 aromatic heterocycles. The van der Waals surface area contributed by atoms with Crippen LogP contribution in [0.3, 0.4) is 0 Å². The van der Waals surface area contributed by atoms with E-state index < -0.39 is 52.3 Å². The fourth-order valence-corrected chi connectivity index (χ4v) is 4.19. The van der Waals surface area contributed by atoms with Crippen LogP contribution in [-0.2, 0) is 24.4 Å². The lowest BCUT2D eigenvalue weighted by atomic mass is 10.0. The summed E-state index contributed by atoms with van der Waals surface area (Å²) in [6, 6.07) is 3.33. The number of benzene rings is 1. The predicted molar refractivity (Wildman–Crippen MR) is 96.7 cm³/mol. The maximum Gasteiger partial charge on any atom is 0.326 e. The van der Waals surface area contributed by atoms with Gasteiger partial charge in [-0.3, -0.25) is 14.4 Å². The number of hydrogen-bond donors (Lipinski definition) is 3. The highest BCUT2D eigenvalue weighted by Gasteiger charge is 2.42. The van der Waals surface area contributed by atoms with E-state index in [1.807, 2.05) is 0 Å². The summed E-state index contributed by atoms with van der Waals surface area (Å²) in [5.74, 6) is -4.03. The van der Waals surface area contributed by atoms with Gasteiger partial charge in [0.25, 0.3) is 15.9 Å². The summed E-state index contributed by atoms with van der Waals surface area (Å²) in [5.41, 5.74) is -0.0256. The third-order valence-corrected chi connectivity index (χ3v) is 5.99. The first kappa shape index (κ1) is 21.4. The van der Waals surface area contributed by atoms with Gasteiger partial charge >= 0.3 is 5.97 Å². The average molecular weight is 411 g/mol. The number of nitrogens with one attached hydrogen (secondary N) is 2. The van der Waals surface area contributed by atoms with Crippen molar-refractivity contribution in [3.8, 4) is 0 Å². The molecule has 2 atom stereocenters. The highest BCUT2D eigenvalue weighted by molar-refractivity contribution is 7.90. The lowest BCUT2D eigenvalue weighted by Gasteiger charge is -2.22. The molecule has 0 spiro atoms. The van der Waals surface area contributed by atoms with Gasteiger partial charge in [0.2, 0.25) is 11.8 Å². The lowest BCUT2D eigenvalue weighted by Crippen LogP contribution is -2.53. The van der Waals surface area contributed by atoms with Gasteiger partial charge in [-0.2, -0.15) is 0 Å². The molecule has 0 fully saturated rings. The number of hydrogen-bond acceptors (Lipinski definition) is 6. The maximum absolute atomic E-state index is 12.4. The number of carbonyl (C=O) groups excluding carboxylic acids is 3. The zero-order valence-electron chi connectivity index (χ0n) is 15.5. The van der Waals surface area contributed by atoms with Crippen LogP contribution in [0.4, 0.5) is 0 Å². The number of carboxylic acids is 1. The fraction of sp³-hybridized carbons (Fsp3) is 0.412. The Balaban J connectivity index is 2.03. The number of aliphatic carboxylic acids is 1. The van der Waals surface area contributed by atoms with Gasteiger partial charge in [-0.15, -0.1) is 0 Å². The molecule has 3 N–H and O–H groups in total. The second-order valence-electron chi connectivity index (χ2n) is 6.67. The van der Waals surface area contributed by atoms with Crippen molar-refractivity contribution in [2.24, 2.45) is 5.92 Å². The monoisotopic (exact) mass is 411 g/mol. The highest BCUT2D eigenvalue weighted by Crippen LogP contribution is 2.29. The van der Waals surface area contributed by atoms with Crippen molar-refractivity contribution in [1.29, 1.82) is 0 Å². The molecule has 1 aliphatic heterocycles. The average Bonchev–Trinajstić information content (AvgIpc) is 2.80. The molecular weight excluding hydrogens is 390 g/mol. The molecule has 0 bridgehead atoms. The van der Waals surface area contributed by atoms with E-state index in [4.69, 9.17) is 5.11 Å². The smallest absolute Gasteiger partial charge is 0.326 e. The van der Waals surface area contributed by atoms with Crippen LogP contribution in [0.15, 0.2) is 29.2 Å². The molecule has 2 unspecified atom stereocenters. The number of nitrogens with zero attached hydrogens (tertiary/aromatic N) is 1. The molecule has 2 rings (SSSR count). The Morgan fingerprint density at radius 3 is 2.25 bits per heavy atom. The van der Waals surface area contributed by atoms with Crippen LogP contribution in [0.1, 0.15) is 31.1 Å². The van der Waals surface area contributed by atoms with Crippen molar-refractivity contribution < 1.29 is 32.7 Å². The van der Waals surface area contributed by atoms with Gasteiger partial charge < -0.3 is 15.7 Å². The topological polar surface area (TPSA) is 150 Å². The number of sulfonamides is 1. The first-order valence-electron chi connectivity index (χ1n) is 8.45. The second-order valence-corrected chi connectivity index (χ2v) is 8.50. The Hall–Kier alpha value is -2.95. The molecule has 1 aromatic rings. The summed E-state index contributed by atoms with van der Waals surface area (Å²) in [6.45, 7) is 3.76. The van der Waals surface area contributed by atoms with E-state index in [-0.39, 0.29) is 16.4 Å². The summed E-state index contributed by atoms with van der Waals surface area (Å²) in [6.07, 6.45) is 0. The summed E-state index contributed by atoms with van der Waals surface area (Å²) in [4.78, 5) is 47.6. The van der Waals surface area contributed by atoms with E-state index >= 15 is 0 Å². The highest BCUT2D eigenvalue weighted by atomic mass is 32.2. The minimum atomic E-state index is -4.14. The van der Waals surface area contributed by atoms with Crippen molar-refractivity contribution >= 4 is 33.7 Å². The van der Waals surface area contributed by atoms with Gasteiger partial charge in [0.1, 0.15) is 23.5 Å². The van der Waals surface area contributed by atoms with E-state index in [0.717, 1.165) is 0 Å². The van der Waals surface area contributed by atoms with Crippen LogP contribution in [0.25, 0.3) is 0 Å². The van der Waals surface area contributed by atoms with Crippen molar-refractivity contribution in [2.45, 2.75) is 37.8 Å². The second kappa shape index (κ2) is 7.97. The Kier molecular flexibility index (Phi) is 6.07. The summed E-state index contributed by atoms with van der Waals surface area (Å²) >= 11 is 0. The Bertz CT molecular complexity index is 926. The quantitative estimate of drug-likeness (QED) is 0.550. The molecule has 10 nitrogen and oxygen atoms in total. The first-order chi connectivity index (χ1) is 13.0. The van der Waals surface area contributed by atoms with Crippen LogP contribution in [0.2, 0.25) is 0 Å². The summed E-state index contributed by atoms with van der Waals surface area (Å²) in [5, 5.41) is 13.7. The summed E-state index contributed by atoms with van der Waals surface area (Å²) in [7, 11) is -4.14. The molecule has 3 amide bonds. The fourth-order valence-electron chi connectivity index (χ4n) is 2.66. The molecule has 11 heteroatoms. The molecule has 1 aromatic carbocycles. The van der Waals surface area contributed by atoms with Crippen molar-refractivity contribution in [2.75, 3.05) is 6.54 Å². The van der Waals surface area contributed by atoms with Crippen LogP contribution in [-0.4, -0.2) is 60.1 Å². The van der Waals surface area contributed by atoms with Gasteiger partial charge in [-0.25, -0.2) is 17.5 Å². The van der Waals surface area contributed by atoms with Crippen LogP contribution >= 0.6 is 0 Å². The van der Waals surface area contributed by atoms with Crippen molar-refractivity contribution in [1.82, 2.24) is 14.9 Å². The normalized spacial score (nSPS) is 17.0. The maximum atomic E-state index is 12.4. The van der Waals surface area contributed by atoms with E-state index in [0.29, 0.717) is 4.31 Å². The zero-order valence-corrected chi connectivity index (χ0v) is 16.3. The molecule has 1 heterocycles. The number of carboxylic acid groups (broad SMARTS) is 1. The third kappa shape index (κ3) is 4.14. The Morgan fingerprint density at radius 2 is 1.71 bits per heavy atom. The third-order valence-electron chi connectivity index (χ3n) is 4.20. The van der Waals surface area contributed by atoms with E-state index in [1.54, 1.807) is 13.8 Å². The molecule has 0 radical (unpaired) electrons. The van der Waals surface area contributed by atoms with Gasteiger partial charge in [-0.1, -0.05) is 26.0 Å². The standard InChI is InChI=1S/C17H21N3O7S/c1-9(2)14(17(24)25)19-15(22)10(3)18-13(21)8-20-16(23)11-6-4-5-7-12(11)28(20,26)27/h4-7,9-10,14H,8H2,1-3H3,(H,18,21)(H,19,22)(H,24,25). The molecule has 0 aliphatic carbocycles. The van der Waals surface area contributed by atoms with Gasteiger partial charge in [0, 0.05) is 0 Å². The van der Waals surface area contributed by atoms with Gasteiger partial charge in [-0.05, 0) is 25.0 Å². The first-order valence-corrected chi connectivity index (χ1v) is 9.89. The summed E-state index contributed by atoms with van der Waals surface area (Å²) < 4.78 is 25.3. The molecule has 0 saturated carbocycles. The lowest BCUT2D eigenvalue weighted by molar-refractivity contribution is -0.143.